The molecule has 0 aromatic heterocycles. The quantitative estimate of drug-likeness (QED) is 0.833. The van der Waals surface area contributed by atoms with Crippen LogP contribution >= 0.6 is 0 Å². The number of nitriles is 1. The van der Waals surface area contributed by atoms with Gasteiger partial charge in [0.05, 0.1) is 28.2 Å². The number of sulfonamides is 1. The molecule has 1 unspecified atom stereocenters. The summed E-state index contributed by atoms with van der Waals surface area (Å²) in [6.45, 7) is 6.22. The van der Waals surface area contributed by atoms with Crippen molar-refractivity contribution in [1.29, 1.82) is 5.26 Å². The van der Waals surface area contributed by atoms with Crippen LogP contribution in [-0.4, -0.2) is 37.5 Å². The van der Waals surface area contributed by atoms with E-state index in [0.717, 1.165) is 0 Å². The first-order chi connectivity index (χ1) is 9.24. The highest BCUT2D eigenvalue weighted by molar-refractivity contribution is 7.89. The van der Waals surface area contributed by atoms with Crippen molar-refractivity contribution in [3.05, 3.63) is 29.8 Å². The number of ether oxygens (including phenoxy) is 1. The van der Waals surface area contributed by atoms with Crippen LogP contribution in [0.3, 0.4) is 0 Å². The van der Waals surface area contributed by atoms with Crippen LogP contribution in [-0.2, 0) is 14.8 Å². The van der Waals surface area contributed by atoms with E-state index in [1.165, 1.54) is 16.4 Å². The van der Waals surface area contributed by atoms with Gasteiger partial charge >= 0.3 is 0 Å². The monoisotopic (exact) mass is 294 g/mol. The molecule has 0 aliphatic carbocycles. The lowest BCUT2D eigenvalue weighted by atomic mass is 10.1. The van der Waals surface area contributed by atoms with Crippen molar-refractivity contribution >= 4 is 10.0 Å². The van der Waals surface area contributed by atoms with Gasteiger partial charge in [0.15, 0.2) is 0 Å². The number of nitrogens with zero attached hydrogens (tertiary/aromatic N) is 2. The molecule has 1 aliphatic heterocycles. The Morgan fingerprint density at radius 3 is 2.75 bits per heavy atom. The van der Waals surface area contributed by atoms with E-state index in [4.69, 9.17) is 10.00 Å². The number of hydrogen-bond acceptors (Lipinski definition) is 4. The number of rotatable bonds is 2. The van der Waals surface area contributed by atoms with Gasteiger partial charge in [0.2, 0.25) is 10.0 Å². The molecular weight excluding hydrogens is 276 g/mol. The van der Waals surface area contributed by atoms with E-state index in [2.05, 4.69) is 0 Å². The van der Waals surface area contributed by atoms with Crippen LogP contribution in [0.2, 0.25) is 0 Å². The predicted molar refractivity (Wildman–Crippen MR) is 74.5 cm³/mol. The Bertz CT molecular complexity index is 647. The number of morpholine rings is 1. The lowest BCUT2D eigenvalue weighted by molar-refractivity contribution is -0.109. The summed E-state index contributed by atoms with van der Waals surface area (Å²) >= 11 is 0. The molecule has 0 N–H and O–H groups in total. The maximum absolute atomic E-state index is 12.6. The van der Waals surface area contributed by atoms with Crippen LogP contribution in [0.15, 0.2) is 29.2 Å². The zero-order chi connectivity index (χ0) is 15.0. The van der Waals surface area contributed by atoms with Gasteiger partial charge in [0, 0.05) is 13.1 Å². The minimum Gasteiger partial charge on any atom is -0.370 e. The van der Waals surface area contributed by atoms with E-state index in [0.29, 0.717) is 18.7 Å². The first kappa shape index (κ1) is 15.0. The first-order valence-electron chi connectivity index (χ1n) is 6.43. The highest BCUT2D eigenvalue weighted by atomic mass is 32.2. The second-order valence-corrected chi connectivity index (χ2v) is 7.56. The topological polar surface area (TPSA) is 70.4 Å². The van der Waals surface area contributed by atoms with Gasteiger partial charge in [0.1, 0.15) is 0 Å². The van der Waals surface area contributed by atoms with Crippen LogP contribution in [0.25, 0.3) is 0 Å². The second kappa shape index (κ2) is 5.17. The molecule has 108 valence electrons. The molecule has 1 aliphatic rings. The van der Waals surface area contributed by atoms with E-state index in [9.17, 15) is 8.42 Å². The highest BCUT2D eigenvalue weighted by Gasteiger charge is 2.37. The van der Waals surface area contributed by atoms with Crippen LogP contribution in [0, 0.1) is 11.3 Å². The molecule has 0 amide bonds. The molecule has 20 heavy (non-hydrogen) atoms. The average molecular weight is 294 g/mol. The molecule has 1 fully saturated rings. The number of hydrogen-bond donors (Lipinski definition) is 0. The summed E-state index contributed by atoms with van der Waals surface area (Å²) in [5.74, 6) is 0. The van der Waals surface area contributed by atoms with E-state index in [-0.39, 0.29) is 11.0 Å². The van der Waals surface area contributed by atoms with E-state index >= 15 is 0 Å². The summed E-state index contributed by atoms with van der Waals surface area (Å²) in [7, 11) is -3.60. The predicted octanol–water partition coefficient (Wildman–Crippen LogP) is 1.75. The molecule has 1 heterocycles. The van der Waals surface area contributed by atoms with E-state index in [1.807, 2.05) is 26.8 Å². The summed E-state index contributed by atoms with van der Waals surface area (Å²) in [6.07, 6.45) is -0.160. The molecule has 1 atom stereocenters. The average Bonchev–Trinajstić information content (AvgIpc) is 2.36. The van der Waals surface area contributed by atoms with Gasteiger partial charge in [-0.1, -0.05) is 6.07 Å². The Hall–Kier alpha value is -1.42. The maximum atomic E-state index is 12.6. The lowest BCUT2D eigenvalue weighted by Crippen LogP contribution is -2.53. The minimum absolute atomic E-state index is 0.154. The Labute approximate surface area is 119 Å². The van der Waals surface area contributed by atoms with Crippen molar-refractivity contribution in [2.24, 2.45) is 0 Å². The van der Waals surface area contributed by atoms with Gasteiger partial charge < -0.3 is 4.74 Å². The maximum Gasteiger partial charge on any atom is 0.243 e. The van der Waals surface area contributed by atoms with Crippen molar-refractivity contribution in [3.8, 4) is 6.07 Å². The zero-order valence-corrected chi connectivity index (χ0v) is 12.6. The Morgan fingerprint density at radius 1 is 1.45 bits per heavy atom. The SMILES string of the molecule is CC1CN(S(=O)(=O)c2cccc(C#N)c2)CC(C)(C)O1. The first-order valence-corrected chi connectivity index (χ1v) is 7.87. The Kier molecular flexibility index (Phi) is 3.87. The molecule has 0 radical (unpaired) electrons. The molecule has 1 aromatic carbocycles. The van der Waals surface area contributed by atoms with Gasteiger partial charge in [-0.25, -0.2) is 8.42 Å². The molecule has 1 aromatic rings. The standard InChI is InChI=1S/C14H18N2O3S/c1-11-9-16(10-14(2,3)19-11)20(17,18)13-6-4-5-12(7-13)8-15/h4-7,11H,9-10H2,1-3H3. The van der Waals surface area contributed by atoms with Gasteiger partial charge in [-0.05, 0) is 39.0 Å². The fourth-order valence-corrected chi connectivity index (χ4v) is 4.17. The molecule has 2 rings (SSSR count). The molecule has 0 spiro atoms. The van der Waals surface area contributed by atoms with Crippen LogP contribution in [0.1, 0.15) is 26.3 Å². The van der Waals surface area contributed by atoms with E-state index in [1.54, 1.807) is 12.1 Å². The van der Waals surface area contributed by atoms with Crippen LogP contribution in [0.4, 0.5) is 0 Å². The van der Waals surface area contributed by atoms with Crippen LogP contribution < -0.4 is 0 Å². The Balaban J connectivity index is 2.37. The van der Waals surface area contributed by atoms with Crippen molar-refractivity contribution in [2.75, 3.05) is 13.1 Å². The molecule has 1 saturated heterocycles. The summed E-state index contributed by atoms with van der Waals surface area (Å²) in [4.78, 5) is 0.154. The highest BCUT2D eigenvalue weighted by Crippen LogP contribution is 2.26. The number of benzene rings is 1. The Morgan fingerprint density at radius 2 is 2.15 bits per heavy atom. The summed E-state index contributed by atoms with van der Waals surface area (Å²) in [5, 5.41) is 8.88. The molecule has 5 nitrogen and oxygen atoms in total. The fraction of sp³-hybridized carbons (Fsp3) is 0.500. The van der Waals surface area contributed by atoms with E-state index < -0.39 is 15.6 Å². The smallest absolute Gasteiger partial charge is 0.243 e. The molecule has 0 bridgehead atoms. The summed E-state index contributed by atoms with van der Waals surface area (Å²) in [6, 6.07) is 8.05. The van der Waals surface area contributed by atoms with Crippen molar-refractivity contribution < 1.29 is 13.2 Å². The third-order valence-corrected chi connectivity index (χ3v) is 4.95. The third kappa shape index (κ3) is 3.01. The molecule has 6 heteroatoms. The minimum atomic E-state index is -3.60. The fourth-order valence-electron chi connectivity index (χ4n) is 2.45. The van der Waals surface area contributed by atoms with Gasteiger partial charge in [-0.15, -0.1) is 0 Å². The molecule has 0 saturated carbocycles. The van der Waals surface area contributed by atoms with Crippen molar-refractivity contribution in [3.63, 3.8) is 0 Å². The van der Waals surface area contributed by atoms with Gasteiger partial charge in [-0.2, -0.15) is 9.57 Å². The summed E-state index contributed by atoms with van der Waals surface area (Å²) < 4.78 is 32.4. The zero-order valence-electron chi connectivity index (χ0n) is 11.8. The second-order valence-electron chi connectivity index (χ2n) is 5.63. The third-order valence-electron chi connectivity index (χ3n) is 3.14. The van der Waals surface area contributed by atoms with Crippen molar-refractivity contribution in [2.45, 2.75) is 37.4 Å². The normalized spacial score (nSPS) is 23.2. The lowest BCUT2D eigenvalue weighted by Gasteiger charge is -2.40. The van der Waals surface area contributed by atoms with Gasteiger partial charge in [-0.3, -0.25) is 0 Å². The largest absolute Gasteiger partial charge is 0.370 e. The summed E-state index contributed by atoms with van der Waals surface area (Å²) in [5.41, 5.74) is -0.177. The molecular formula is C14H18N2O3S. The van der Waals surface area contributed by atoms with Gasteiger partial charge in [0.25, 0.3) is 0 Å². The van der Waals surface area contributed by atoms with Crippen molar-refractivity contribution in [1.82, 2.24) is 4.31 Å². The van der Waals surface area contributed by atoms with Crippen LogP contribution in [0.5, 0.6) is 0 Å².